The van der Waals surface area contributed by atoms with E-state index >= 15 is 0 Å². The molecule has 2 aromatic rings. The van der Waals surface area contributed by atoms with Crippen LogP contribution in [0.2, 0.25) is 0 Å². The minimum absolute atomic E-state index is 0.154. The van der Waals surface area contributed by atoms with Gasteiger partial charge in [0, 0.05) is 0 Å². The van der Waals surface area contributed by atoms with Crippen LogP contribution in [0.1, 0.15) is 34.2 Å². The Balaban J connectivity index is 2.35. The number of anilines is 1. The van der Waals surface area contributed by atoms with Crippen LogP contribution in [0.15, 0.2) is 24.3 Å². The summed E-state index contributed by atoms with van der Waals surface area (Å²) in [6, 6.07) is 4.75. The number of carbonyl (C=O) groups is 1. The molecule has 8 heteroatoms. The summed E-state index contributed by atoms with van der Waals surface area (Å²) in [6.07, 6.45) is -4.62. The zero-order chi connectivity index (χ0) is 17.9. The molecule has 0 saturated heterocycles. The molecule has 0 atom stereocenters. The van der Waals surface area contributed by atoms with Crippen LogP contribution in [0, 0.1) is 13.8 Å². The van der Waals surface area contributed by atoms with Gasteiger partial charge in [-0.1, -0.05) is 12.1 Å². The van der Waals surface area contributed by atoms with Crippen molar-refractivity contribution in [2.24, 2.45) is 0 Å². The molecule has 1 aromatic heterocycles. The normalized spacial score (nSPS) is 11.2. The van der Waals surface area contributed by atoms with E-state index in [2.05, 4.69) is 15.3 Å². The molecule has 0 aliphatic rings. The molecule has 2 rings (SSSR count). The number of rotatable bonds is 4. The SMILES string of the molecule is CCOc1nc(C)c(NC(=O)c2ccccc2C(F)(F)F)c(C)n1. The molecule has 1 heterocycles. The van der Waals surface area contributed by atoms with Crippen molar-refractivity contribution in [3.05, 3.63) is 46.8 Å². The lowest BCUT2D eigenvalue weighted by molar-refractivity contribution is -0.137. The minimum Gasteiger partial charge on any atom is -0.464 e. The van der Waals surface area contributed by atoms with Crippen LogP contribution in [0.3, 0.4) is 0 Å². The molecular weight excluding hydrogens is 323 g/mol. The lowest BCUT2D eigenvalue weighted by atomic mass is 10.1. The third kappa shape index (κ3) is 3.81. The second-order valence-electron chi connectivity index (χ2n) is 4.98. The van der Waals surface area contributed by atoms with Crippen LogP contribution >= 0.6 is 0 Å². The van der Waals surface area contributed by atoms with Gasteiger partial charge in [0.1, 0.15) is 0 Å². The van der Waals surface area contributed by atoms with Crippen LogP contribution < -0.4 is 10.1 Å². The van der Waals surface area contributed by atoms with E-state index in [1.54, 1.807) is 20.8 Å². The number of halogens is 3. The van der Waals surface area contributed by atoms with Gasteiger partial charge < -0.3 is 10.1 Å². The predicted octanol–water partition coefficient (Wildman–Crippen LogP) is 3.76. The molecule has 1 amide bonds. The Morgan fingerprint density at radius 1 is 1.17 bits per heavy atom. The predicted molar refractivity (Wildman–Crippen MR) is 82.1 cm³/mol. The highest BCUT2D eigenvalue weighted by Crippen LogP contribution is 2.32. The van der Waals surface area contributed by atoms with Gasteiger partial charge in [0.05, 0.1) is 34.8 Å². The van der Waals surface area contributed by atoms with E-state index in [-0.39, 0.29) is 11.7 Å². The highest BCUT2D eigenvalue weighted by atomic mass is 19.4. The van der Waals surface area contributed by atoms with E-state index in [1.165, 1.54) is 12.1 Å². The molecule has 0 unspecified atom stereocenters. The van der Waals surface area contributed by atoms with E-state index in [4.69, 9.17) is 4.74 Å². The fourth-order valence-electron chi connectivity index (χ4n) is 2.17. The van der Waals surface area contributed by atoms with Crippen molar-refractivity contribution in [3.63, 3.8) is 0 Å². The van der Waals surface area contributed by atoms with Crippen molar-refractivity contribution in [1.82, 2.24) is 9.97 Å². The lowest BCUT2D eigenvalue weighted by Gasteiger charge is -2.15. The molecular formula is C16H16F3N3O2. The van der Waals surface area contributed by atoms with E-state index in [9.17, 15) is 18.0 Å². The van der Waals surface area contributed by atoms with Gasteiger partial charge in [0.25, 0.3) is 5.91 Å². The molecule has 0 spiro atoms. The zero-order valence-electron chi connectivity index (χ0n) is 13.4. The van der Waals surface area contributed by atoms with E-state index < -0.39 is 23.2 Å². The smallest absolute Gasteiger partial charge is 0.417 e. The van der Waals surface area contributed by atoms with Crippen LogP contribution in [0.25, 0.3) is 0 Å². The molecule has 0 bridgehead atoms. The van der Waals surface area contributed by atoms with Crippen molar-refractivity contribution in [2.75, 3.05) is 11.9 Å². The maximum absolute atomic E-state index is 13.0. The van der Waals surface area contributed by atoms with Crippen LogP contribution in [0.4, 0.5) is 18.9 Å². The summed E-state index contributed by atoms with van der Waals surface area (Å²) in [6.45, 7) is 5.38. The third-order valence-corrected chi connectivity index (χ3v) is 3.24. The van der Waals surface area contributed by atoms with E-state index in [1.807, 2.05) is 0 Å². The summed E-state index contributed by atoms with van der Waals surface area (Å²) >= 11 is 0. The second kappa shape index (κ2) is 6.86. The number of ether oxygens (including phenoxy) is 1. The van der Waals surface area contributed by atoms with Gasteiger partial charge in [-0.3, -0.25) is 4.79 Å². The van der Waals surface area contributed by atoms with Crippen molar-refractivity contribution in [2.45, 2.75) is 26.9 Å². The fraction of sp³-hybridized carbons (Fsp3) is 0.312. The van der Waals surface area contributed by atoms with Crippen LogP contribution in [-0.2, 0) is 6.18 Å². The summed E-state index contributed by atoms with van der Waals surface area (Å²) < 4.78 is 44.3. The van der Waals surface area contributed by atoms with E-state index in [0.717, 1.165) is 12.1 Å². The van der Waals surface area contributed by atoms with Gasteiger partial charge in [-0.05, 0) is 32.9 Å². The number of hydrogen-bond acceptors (Lipinski definition) is 4. The van der Waals surface area contributed by atoms with Gasteiger partial charge >= 0.3 is 12.2 Å². The monoisotopic (exact) mass is 339 g/mol. The second-order valence-corrected chi connectivity index (χ2v) is 4.98. The number of nitrogens with zero attached hydrogens (tertiary/aromatic N) is 2. The summed E-state index contributed by atoms with van der Waals surface area (Å²) in [5, 5.41) is 2.46. The van der Waals surface area contributed by atoms with Crippen molar-refractivity contribution >= 4 is 11.6 Å². The topological polar surface area (TPSA) is 64.1 Å². The maximum atomic E-state index is 13.0. The first-order valence-electron chi connectivity index (χ1n) is 7.19. The third-order valence-electron chi connectivity index (χ3n) is 3.24. The van der Waals surface area contributed by atoms with Crippen molar-refractivity contribution < 1.29 is 22.7 Å². The standard InChI is InChI=1S/C16H16F3N3O2/c1-4-24-15-20-9(2)13(10(3)21-15)22-14(23)11-7-5-6-8-12(11)16(17,18)19/h5-8H,4H2,1-3H3,(H,22,23). The number of amides is 1. The van der Waals surface area contributed by atoms with Gasteiger partial charge in [-0.25, -0.2) is 0 Å². The molecule has 0 radical (unpaired) electrons. The quantitative estimate of drug-likeness (QED) is 0.921. The first kappa shape index (κ1) is 17.7. The molecule has 0 fully saturated rings. The van der Waals surface area contributed by atoms with Crippen LogP contribution in [-0.4, -0.2) is 22.5 Å². The summed E-state index contributed by atoms with van der Waals surface area (Å²) in [4.78, 5) is 20.4. The first-order chi connectivity index (χ1) is 11.2. The van der Waals surface area contributed by atoms with Gasteiger partial charge in [-0.2, -0.15) is 23.1 Å². The Morgan fingerprint density at radius 3 is 2.29 bits per heavy atom. The minimum atomic E-state index is -4.62. The molecule has 0 saturated carbocycles. The molecule has 1 N–H and O–H groups in total. The largest absolute Gasteiger partial charge is 0.464 e. The van der Waals surface area contributed by atoms with Gasteiger partial charge in [0.2, 0.25) is 0 Å². The molecule has 0 aliphatic carbocycles. The maximum Gasteiger partial charge on any atom is 0.417 e. The Kier molecular flexibility index (Phi) is 5.06. The molecule has 1 aromatic carbocycles. The average molecular weight is 339 g/mol. The summed E-state index contributed by atoms with van der Waals surface area (Å²) in [7, 11) is 0. The average Bonchev–Trinajstić information content (AvgIpc) is 2.50. The first-order valence-corrected chi connectivity index (χ1v) is 7.19. The molecule has 5 nitrogen and oxygen atoms in total. The molecule has 24 heavy (non-hydrogen) atoms. The summed E-state index contributed by atoms with van der Waals surface area (Å²) in [5.74, 6) is -0.873. The number of alkyl halides is 3. The number of aryl methyl sites for hydroxylation is 2. The van der Waals surface area contributed by atoms with Crippen molar-refractivity contribution in [1.29, 1.82) is 0 Å². The Bertz CT molecular complexity index is 737. The highest BCUT2D eigenvalue weighted by Gasteiger charge is 2.35. The van der Waals surface area contributed by atoms with Crippen molar-refractivity contribution in [3.8, 4) is 6.01 Å². The molecule has 128 valence electrons. The molecule has 0 aliphatic heterocycles. The number of aromatic nitrogens is 2. The lowest BCUT2D eigenvalue weighted by Crippen LogP contribution is -2.20. The number of carbonyl (C=O) groups excluding carboxylic acids is 1. The number of benzene rings is 1. The van der Waals surface area contributed by atoms with Crippen LogP contribution in [0.5, 0.6) is 6.01 Å². The van der Waals surface area contributed by atoms with Gasteiger partial charge in [-0.15, -0.1) is 0 Å². The Morgan fingerprint density at radius 2 is 1.75 bits per heavy atom. The fourth-order valence-corrected chi connectivity index (χ4v) is 2.17. The highest BCUT2D eigenvalue weighted by molar-refractivity contribution is 6.06. The zero-order valence-corrected chi connectivity index (χ0v) is 13.4. The number of hydrogen-bond donors (Lipinski definition) is 1. The Hall–Kier alpha value is -2.64. The number of nitrogens with one attached hydrogen (secondary N) is 1. The van der Waals surface area contributed by atoms with Gasteiger partial charge in [0.15, 0.2) is 0 Å². The van der Waals surface area contributed by atoms with E-state index in [0.29, 0.717) is 18.0 Å². The Labute approximate surface area is 136 Å². The summed E-state index contributed by atoms with van der Waals surface area (Å²) in [5.41, 5.74) is -0.379.